The van der Waals surface area contributed by atoms with Gasteiger partial charge in [-0.3, -0.25) is 4.79 Å². The zero-order valence-corrected chi connectivity index (χ0v) is 18.3. The highest BCUT2D eigenvalue weighted by molar-refractivity contribution is 5.86. The van der Waals surface area contributed by atoms with Gasteiger partial charge in [-0.25, -0.2) is 4.79 Å². The van der Waals surface area contributed by atoms with Gasteiger partial charge in [0, 0.05) is 6.42 Å². The number of fused-ring (bicyclic) bond motifs is 1. The predicted molar refractivity (Wildman–Crippen MR) is 118 cm³/mol. The number of carbonyl (C=O) groups excluding carboxylic acids is 2. The van der Waals surface area contributed by atoms with Crippen molar-refractivity contribution in [1.82, 2.24) is 10.6 Å². The Balaban J connectivity index is 1.75. The van der Waals surface area contributed by atoms with Crippen LogP contribution in [-0.4, -0.2) is 23.6 Å². The number of ether oxygens (including phenoxy) is 1. The number of carbonyl (C=O) groups is 2. The number of amides is 2. The molecule has 2 N–H and O–H groups in total. The summed E-state index contributed by atoms with van der Waals surface area (Å²) in [5, 5.41) is 5.94. The lowest BCUT2D eigenvalue weighted by molar-refractivity contribution is -0.124. The molecular formula is C25H32N2O3. The molecule has 0 spiro atoms. The molecule has 2 aromatic carbocycles. The third-order valence-electron chi connectivity index (χ3n) is 5.25. The molecule has 2 unspecified atom stereocenters. The van der Waals surface area contributed by atoms with E-state index in [0.29, 0.717) is 6.42 Å². The van der Waals surface area contributed by atoms with E-state index in [9.17, 15) is 9.59 Å². The van der Waals surface area contributed by atoms with Crippen molar-refractivity contribution in [3.05, 3.63) is 70.8 Å². The van der Waals surface area contributed by atoms with Gasteiger partial charge in [0.1, 0.15) is 11.6 Å². The molecule has 5 nitrogen and oxygen atoms in total. The molecule has 0 saturated carbocycles. The highest BCUT2D eigenvalue weighted by Gasteiger charge is 2.28. The Bertz CT molecular complexity index is 884. The number of alkyl carbamates (subject to hydrolysis) is 1. The Morgan fingerprint density at radius 3 is 2.50 bits per heavy atom. The molecular weight excluding hydrogens is 376 g/mol. The Hall–Kier alpha value is -2.82. The summed E-state index contributed by atoms with van der Waals surface area (Å²) < 4.78 is 5.39. The van der Waals surface area contributed by atoms with Gasteiger partial charge in [0.05, 0.1) is 6.04 Å². The zero-order valence-electron chi connectivity index (χ0n) is 18.3. The first-order chi connectivity index (χ1) is 14.2. The highest BCUT2D eigenvalue weighted by atomic mass is 16.6. The van der Waals surface area contributed by atoms with Crippen LogP contribution in [0.3, 0.4) is 0 Å². The second kappa shape index (κ2) is 9.33. The van der Waals surface area contributed by atoms with Crippen LogP contribution in [0.15, 0.2) is 48.5 Å². The zero-order chi connectivity index (χ0) is 21.7. The van der Waals surface area contributed by atoms with Gasteiger partial charge in [-0.15, -0.1) is 0 Å². The highest BCUT2D eigenvalue weighted by Crippen LogP contribution is 2.29. The van der Waals surface area contributed by atoms with Crippen molar-refractivity contribution in [3.63, 3.8) is 0 Å². The van der Waals surface area contributed by atoms with Crippen LogP contribution in [0.4, 0.5) is 4.79 Å². The van der Waals surface area contributed by atoms with Gasteiger partial charge in [-0.05, 0) is 63.6 Å². The van der Waals surface area contributed by atoms with Crippen molar-refractivity contribution in [2.24, 2.45) is 0 Å². The first kappa shape index (κ1) is 21.9. The number of hydrogen-bond donors (Lipinski definition) is 2. The maximum absolute atomic E-state index is 13.2. The van der Waals surface area contributed by atoms with E-state index in [1.54, 1.807) is 20.8 Å². The number of hydrogen-bond acceptors (Lipinski definition) is 3. The van der Waals surface area contributed by atoms with E-state index < -0.39 is 17.7 Å². The lowest BCUT2D eigenvalue weighted by Gasteiger charge is -2.29. The van der Waals surface area contributed by atoms with Crippen LogP contribution < -0.4 is 10.6 Å². The molecule has 30 heavy (non-hydrogen) atoms. The van der Waals surface area contributed by atoms with Crippen LogP contribution in [0.1, 0.15) is 61.9 Å². The van der Waals surface area contributed by atoms with Gasteiger partial charge in [0.25, 0.3) is 0 Å². The summed E-state index contributed by atoms with van der Waals surface area (Å²) in [6, 6.07) is 15.5. The van der Waals surface area contributed by atoms with Crippen molar-refractivity contribution in [2.75, 3.05) is 0 Å². The molecule has 1 aliphatic carbocycles. The summed E-state index contributed by atoms with van der Waals surface area (Å²) in [7, 11) is 0. The summed E-state index contributed by atoms with van der Waals surface area (Å²) in [5.74, 6) is -0.192. The van der Waals surface area contributed by atoms with Gasteiger partial charge in [-0.2, -0.15) is 0 Å². The van der Waals surface area contributed by atoms with E-state index in [-0.39, 0.29) is 11.9 Å². The molecule has 2 aromatic rings. The topological polar surface area (TPSA) is 67.4 Å². The van der Waals surface area contributed by atoms with Crippen LogP contribution in [-0.2, 0) is 22.4 Å². The summed E-state index contributed by atoms with van der Waals surface area (Å²) in [6.07, 6.45) is 2.78. The quantitative estimate of drug-likeness (QED) is 0.758. The fourth-order valence-electron chi connectivity index (χ4n) is 3.80. The maximum atomic E-state index is 13.2. The Labute approximate surface area is 179 Å². The SMILES string of the molecule is Cc1ccc(CC(NC(=O)OC(C)(C)C)C(=O)NC2CCCc3ccccc32)cc1. The fourth-order valence-corrected chi connectivity index (χ4v) is 3.80. The van der Waals surface area contributed by atoms with Crippen LogP contribution in [0, 0.1) is 6.92 Å². The number of aryl methyl sites for hydroxylation is 2. The molecule has 5 heteroatoms. The number of rotatable bonds is 5. The van der Waals surface area contributed by atoms with Crippen LogP contribution in [0.25, 0.3) is 0 Å². The van der Waals surface area contributed by atoms with Crippen molar-refractivity contribution in [2.45, 2.75) is 71.1 Å². The number of benzene rings is 2. The molecule has 0 heterocycles. The normalized spacial score (nSPS) is 16.9. The molecule has 0 aromatic heterocycles. The van der Waals surface area contributed by atoms with Crippen molar-refractivity contribution in [3.8, 4) is 0 Å². The average Bonchev–Trinajstić information content (AvgIpc) is 2.68. The molecule has 1 aliphatic rings. The van der Waals surface area contributed by atoms with E-state index in [2.05, 4.69) is 22.8 Å². The molecule has 0 fully saturated rings. The summed E-state index contributed by atoms with van der Waals surface area (Å²) in [6.45, 7) is 7.44. The standard InChI is InChI=1S/C25H32N2O3/c1-17-12-14-18(15-13-17)16-22(27-24(29)30-25(2,3)4)23(28)26-21-11-7-9-19-8-5-6-10-20(19)21/h5-6,8,10,12-15,21-22H,7,9,11,16H2,1-4H3,(H,26,28)(H,27,29). The van der Waals surface area contributed by atoms with E-state index in [4.69, 9.17) is 4.74 Å². The average molecular weight is 409 g/mol. The van der Waals surface area contributed by atoms with Gasteiger partial charge in [-0.1, -0.05) is 54.1 Å². The van der Waals surface area contributed by atoms with E-state index in [1.165, 1.54) is 11.1 Å². The van der Waals surface area contributed by atoms with Crippen molar-refractivity contribution >= 4 is 12.0 Å². The lowest BCUT2D eigenvalue weighted by atomic mass is 9.87. The summed E-state index contributed by atoms with van der Waals surface area (Å²) in [4.78, 5) is 25.6. The third-order valence-corrected chi connectivity index (χ3v) is 5.25. The Morgan fingerprint density at radius 1 is 1.10 bits per heavy atom. The minimum Gasteiger partial charge on any atom is -0.444 e. The molecule has 2 amide bonds. The minimum atomic E-state index is -0.711. The van der Waals surface area contributed by atoms with Gasteiger partial charge in [0.2, 0.25) is 5.91 Å². The first-order valence-corrected chi connectivity index (χ1v) is 10.6. The second-order valence-corrected chi connectivity index (χ2v) is 9.04. The van der Waals surface area contributed by atoms with Gasteiger partial charge >= 0.3 is 6.09 Å². The molecule has 0 radical (unpaired) electrons. The largest absolute Gasteiger partial charge is 0.444 e. The molecule has 0 bridgehead atoms. The Morgan fingerprint density at radius 2 is 1.80 bits per heavy atom. The molecule has 160 valence electrons. The number of nitrogens with one attached hydrogen (secondary N) is 2. The van der Waals surface area contributed by atoms with Crippen LogP contribution in [0.2, 0.25) is 0 Å². The fraction of sp³-hybridized carbons (Fsp3) is 0.440. The van der Waals surface area contributed by atoms with E-state index in [1.807, 2.05) is 43.3 Å². The lowest BCUT2D eigenvalue weighted by Crippen LogP contribution is -2.50. The van der Waals surface area contributed by atoms with E-state index >= 15 is 0 Å². The minimum absolute atomic E-state index is 0.0385. The first-order valence-electron chi connectivity index (χ1n) is 10.6. The monoisotopic (exact) mass is 408 g/mol. The smallest absolute Gasteiger partial charge is 0.408 e. The molecule has 3 rings (SSSR count). The van der Waals surface area contributed by atoms with Gasteiger partial charge in [0.15, 0.2) is 0 Å². The molecule has 2 atom stereocenters. The van der Waals surface area contributed by atoms with E-state index in [0.717, 1.165) is 30.4 Å². The Kier molecular flexibility index (Phi) is 6.80. The van der Waals surface area contributed by atoms with Crippen LogP contribution in [0.5, 0.6) is 0 Å². The van der Waals surface area contributed by atoms with Gasteiger partial charge < -0.3 is 15.4 Å². The third kappa shape index (κ3) is 6.09. The summed E-state index contributed by atoms with van der Waals surface area (Å²) >= 11 is 0. The predicted octanol–water partition coefficient (Wildman–Crippen LogP) is 4.62. The maximum Gasteiger partial charge on any atom is 0.408 e. The van der Waals surface area contributed by atoms with Crippen molar-refractivity contribution < 1.29 is 14.3 Å². The molecule has 0 aliphatic heterocycles. The second-order valence-electron chi connectivity index (χ2n) is 9.04. The van der Waals surface area contributed by atoms with Crippen LogP contribution >= 0.6 is 0 Å². The van der Waals surface area contributed by atoms with Crippen molar-refractivity contribution in [1.29, 1.82) is 0 Å². The molecule has 0 saturated heterocycles. The summed E-state index contributed by atoms with van der Waals surface area (Å²) in [5.41, 5.74) is 3.96.